The van der Waals surface area contributed by atoms with E-state index in [0.717, 1.165) is 0 Å². The van der Waals surface area contributed by atoms with Crippen molar-refractivity contribution in [1.29, 1.82) is 0 Å². The maximum atomic E-state index is 10.8. The Hall–Kier alpha value is 0.130. The largest absolute Gasteiger partial charge is 2.00 e. The molecule has 0 aromatic rings. The summed E-state index contributed by atoms with van der Waals surface area (Å²) in [5.74, 6) is 0. The van der Waals surface area contributed by atoms with Gasteiger partial charge in [-0.3, -0.25) is 0 Å². The molecule has 0 aromatic carbocycles. The van der Waals surface area contributed by atoms with E-state index in [2.05, 4.69) is 4.74 Å². The standard InChI is InChI=1S/C13H22O13.Ca.2H/c14-1-3-5(16)6(17)10(26-13(21)22)12(24-3)25-9-4(2-15)23-11(20)8(19)7(9)18;;;/h3-12,14-20H,1-2H2,(H,21,22);;;/q;+2;2*-1/t3-,4-,5+,6+,7-,8-,9-,10-,11-,12+;;;/m1.../s1. The van der Waals surface area contributed by atoms with Gasteiger partial charge in [0, 0.05) is 0 Å². The van der Waals surface area contributed by atoms with Gasteiger partial charge in [0.25, 0.3) is 0 Å². The SMILES string of the molecule is O=C(O)O[C@H]1[C@H](O[C@H]2[C@H](O)[C@@H](O)[C@H](O)O[C@@H]2CO)O[C@H](CO)[C@H](O)[C@@H]1O.[Ca+2].[H-].[H-]. The first-order chi connectivity index (χ1) is 12.2. The number of aliphatic hydroxyl groups excluding tert-OH is 7. The molecule has 0 spiro atoms. The zero-order valence-corrected chi connectivity index (χ0v) is 16.2. The first-order valence-electron chi connectivity index (χ1n) is 7.69. The van der Waals surface area contributed by atoms with Gasteiger partial charge in [0.05, 0.1) is 13.2 Å². The monoisotopic (exact) mass is 428 g/mol. The number of carbonyl (C=O) groups is 1. The minimum absolute atomic E-state index is 0. The van der Waals surface area contributed by atoms with Crippen molar-refractivity contribution >= 4 is 43.9 Å². The van der Waals surface area contributed by atoms with Crippen molar-refractivity contribution in [2.24, 2.45) is 0 Å². The maximum Gasteiger partial charge on any atom is 2.00 e. The van der Waals surface area contributed by atoms with Gasteiger partial charge in [0.1, 0.15) is 42.7 Å². The van der Waals surface area contributed by atoms with Crippen LogP contribution >= 0.6 is 0 Å². The molecular weight excluding hydrogens is 404 g/mol. The molecule has 2 heterocycles. The molecule has 0 unspecified atom stereocenters. The molecule has 14 heteroatoms. The summed E-state index contributed by atoms with van der Waals surface area (Å²) in [6.07, 6.45) is -18.5. The van der Waals surface area contributed by atoms with Gasteiger partial charge < -0.3 is 62.7 Å². The second-order valence-corrected chi connectivity index (χ2v) is 5.88. The molecule has 0 radical (unpaired) electrons. The third-order valence-corrected chi connectivity index (χ3v) is 4.19. The Balaban J connectivity index is 0. The number of carboxylic acid groups (broad SMARTS) is 1. The molecule has 2 saturated heterocycles. The van der Waals surface area contributed by atoms with Crippen LogP contribution in [0.4, 0.5) is 4.79 Å². The molecule has 156 valence electrons. The minimum Gasteiger partial charge on any atom is -1.00 e. The van der Waals surface area contributed by atoms with Gasteiger partial charge >= 0.3 is 43.9 Å². The van der Waals surface area contributed by atoms with Crippen LogP contribution in [0.2, 0.25) is 0 Å². The predicted molar refractivity (Wildman–Crippen MR) is 83.5 cm³/mol. The molecule has 27 heavy (non-hydrogen) atoms. The Morgan fingerprint density at radius 3 is 1.93 bits per heavy atom. The average molecular weight is 428 g/mol. The first kappa shape index (κ1) is 25.2. The number of hydrogen-bond acceptors (Lipinski definition) is 12. The Labute approximate surface area is 185 Å². The number of rotatable bonds is 5. The van der Waals surface area contributed by atoms with Crippen LogP contribution in [0.5, 0.6) is 0 Å². The van der Waals surface area contributed by atoms with E-state index >= 15 is 0 Å². The normalized spacial score (nSPS) is 45.0. The molecule has 8 N–H and O–H groups in total. The first-order valence-corrected chi connectivity index (χ1v) is 7.69. The zero-order valence-electron chi connectivity index (χ0n) is 16.0. The molecule has 0 saturated carbocycles. The second kappa shape index (κ2) is 10.8. The van der Waals surface area contributed by atoms with Crippen molar-refractivity contribution in [2.75, 3.05) is 13.2 Å². The van der Waals surface area contributed by atoms with Crippen LogP contribution < -0.4 is 0 Å². The van der Waals surface area contributed by atoms with Crippen LogP contribution in [0.3, 0.4) is 0 Å². The van der Waals surface area contributed by atoms with Gasteiger partial charge in [0.15, 0.2) is 18.7 Å². The fourth-order valence-electron chi connectivity index (χ4n) is 2.80. The summed E-state index contributed by atoms with van der Waals surface area (Å²) in [5, 5.41) is 76.3. The van der Waals surface area contributed by atoms with Crippen LogP contribution in [0.1, 0.15) is 2.85 Å². The molecule has 10 atom stereocenters. The summed E-state index contributed by atoms with van der Waals surface area (Å²) in [7, 11) is 0. The Kier molecular flexibility index (Phi) is 10.0. The Bertz CT molecular complexity index is 490. The Morgan fingerprint density at radius 1 is 0.852 bits per heavy atom. The van der Waals surface area contributed by atoms with Crippen molar-refractivity contribution in [3.8, 4) is 0 Å². The predicted octanol–water partition coefficient (Wildman–Crippen LogP) is -4.85. The van der Waals surface area contributed by atoms with Crippen molar-refractivity contribution in [3.05, 3.63) is 0 Å². The van der Waals surface area contributed by atoms with Crippen LogP contribution in [0.25, 0.3) is 0 Å². The molecule has 0 aliphatic carbocycles. The fourth-order valence-corrected chi connectivity index (χ4v) is 2.80. The molecule has 2 aliphatic rings. The molecule has 2 rings (SSSR count). The summed E-state index contributed by atoms with van der Waals surface area (Å²) < 4.78 is 19.8. The summed E-state index contributed by atoms with van der Waals surface area (Å²) in [5.41, 5.74) is 0. The van der Waals surface area contributed by atoms with E-state index in [-0.39, 0.29) is 40.6 Å². The van der Waals surface area contributed by atoms with Crippen LogP contribution in [-0.4, -0.2) is 159 Å². The minimum atomic E-state index is -1.84. The molecule has 0 amide bonds. The van der Waals surface area contributed by atoms with E-state index in [1.54, 1.807) is 0 Å². The summed E-state index contributed by atoms with van der Waals surface area (Å²) in [6.45, 7) is -1.51. The molecular formula is C13H24CaO13. The van der Waals surface area contributed by atoms with Gasteiger partial charge in [-0.2, -0.15) is 0 Å². The van der Waals surface area contributed by atoms with Gasteiger partial charge in [-0.1, -0.05) is 0 Å². The van der Waals surface area contributed by atoms with E-state index in [4.69, 9.17) is 19.3 Å². The number of ether oxygens (including phenoxy) is 4. The number of aliphatic hydroxyl groups is 7. The van der Waals surface area contributed by atoms with E-state index in [9.17, 15) is 40.5 Å². The van der Waals surface area contributed by atoms with E-state index in [0.29, 0.717) is 0 Å². The summed E-state index contributed by atoms with van der Waals surface area (Å²) in [4.78, 5) is 10.8. The van der Waals surface area contributed by atoms with Gasteiger partial charge in [0.2, 0.25) is 0 Å². The van der Waals surface area contributed by atoms with Crippen molar-refractivity contribution in [1.82, 2.24) is 0 Å². The summed E-state index contributed by atoms with van der Waals surface area (Å²) in [6, 6.07) is 0. The van der Waals surface area contributed by atoms with Gasteiger partial charge in [-0.05, 0) is 0 Å². The zero-order chi connectivity index (χ0) is 19.6. The van der Waals surface area contributed by atoms with Crippen molar-refractivity contribution < 1.29 is 67.4 Å². The molecule has 0 aromatic heterocycles. The topological polar surface area (TPSA) is 216 Å². The van der Waals surface area contributed by atoms with Gasteiger partial charge in [-0.15, -0.1) is 0 Å². The number of hydrogen-bond donors (Lipinski definition) is 8. The van der Waals surface area contributed by atoms with Gasteiger partial charge in [-0.25, -0.2) is 4.79 Å². The van der Waals surface area contributed by atoms with E-state index in [1.807, 2.05) is 0 Å². The van der Waals surface area contributed by atoms with Crippen molar-refractivity contribution in [3.63, 3.8) is 0 Å². The second-order valence-electron chi connectivity index (χ2n) is 5.88. The molecule has 2 aliphatic heterocycles. The quantitative estimate of drug-likeness (QED) is 0.152. The van der Waals surface area contributed by atoms with Crippen LogP contribution in [0, 0.1) is 0 Å². The average Bonchev–Trinajstić information content (AvgIpc) is 2.60. The Morgan fingerprint density at radius 2 is 1.41 bits per heavy atom. The molecule has 13 nitrogen and oxygen atoms in total. The van der Waals surface area contributed by atoms with E-state index < -0.39 is 80.8 Å². The third kappa shape index (κ3) is 5.60. The van der Waals surface area contributed by atoms with Crippen LogP contribution in [-0.2, 0) is 18.9 Å². The smallest absolute Gasteiger partial charge is 1.00 e. The van der Waals surface area contributed by atoms with Crippen LogP contribution in [0.15, 0.2) is 0 Å². The fraction of sp³-hybridized carbons (Fsp3) is 0.923. The molecule has 2 fully saturated rings. The third-order valence-electron chi connectivity index (χ3n) is 4.19. The summed E-state index contributed by atoms with van der Waals surface area (Å²) >= 11 is 0. The van der Waals surface area contributed by atoms with Crippen molar-refractivity contribution in [2.45, 2.75) is 61.4 Å². The molecule has 0 bridgehead atoms. The maximum absolute atomic E-state index is 10.8. The van der Waals surface area contributed by atoms with E-state index in [1.165, 1.54) is 0 Å².